The lowest BCUT2D eigenvalue weighted by Gasteiger charge is -2.16. The first-order chi connectivity index (χ1) is 10.5. The Labute approximate surface area is 134 Å². The van der Waals surface area contributed by atoms with Crippen LogP contribution in [0.2, 0.25) is 0 Å². The van der Waals surface area contributed by atoms with Crippen LogP contribution in [-0.2, 0) is 9.59 Å². The molecule has 1 unspecified atom stereocenters. The van der Waals surface area contributed by atoms with Gasteiger partial charge >= 0.3 is 12.0 Å². The van der Waals surface area contributed by atoms with Crippen molar-refractivity contribution in [2.24, 2.45) is 0 Å². The zero-order chi connectivity index (χ0) is 16.1. The highest BCUT2D eigenvalue weighted by molar-refractivity contribution is 8.00. The van der Waals surface area contributed by atoms with Crippen LogP contribution in [0.25, 0.3) is 0 Å². The number of thioether (sulfide) groups is 1. The fourth-order valence-corrected chi connectivity index (χ4v) is 4.42. The molecule has 0 aliphatic carbocycles. The van der Waals surface area contributed by atoms with E-state index in [2.05, 4.69) is 16.0 Å². The second-order valence-electron chi connectivity index (χ2n) is 5.73. The molecule has 124 valence electrons. The molecule has 8 heteroatoms. The van der Waals surface area contributed by atoms with E-state index in [4.69, 9.17) is 5.11 Å². The third kappa shape index (κ3) is 4.28. The minimum Gasteiger partial charge on any atom is -0.480 e. The van der Waals surface area contributed by atoms with Crippen LogP contribution in [0.1, 0.15) is 39.0 Å². The quantitative estimate of drug-likeness (QED) is 0.387. The topological polar surface area (TPSA) is 108 Å². The summed E-state index contributed by atoms with van der Waals surface area (Å²) in [5, 5.41) is 17.7. The number of nitrogens with one attached hydrogen (secondary N) is 3. The van der Waals surface area contributed by atoms with Crippen molar-refractivity contribution in [1.29, 1.82) is 0 Å². The Hall–Kier alpha value is -1.44. The summed E-state index contributed by atoms with van der Waals surface area (Å²) in [5.74, 6) is -0.263. The van der Waals surface area contributed by atoms with Crippen molar-refractivity contribution in [1.82, 2.24) is 16.0 Å². The number of carbonyl (C=O) groups is 3. The van der Waals surface area contributed by atoms with E-state index in [-0.39, 0.29) is 24.0 Å². The van der Waals surface area contributed by atoms with Gasteiger partial charge in [-0.05, 0) is 19.3 Å². The molecule has 0 bridgehead atoms. The predicted octanol–water partition coefficient (Wildman–Crippen LogP) is 0.692. The molecule has 0 aromatic carbocycles. The molecule has 7 nitrogen and oxygen atoms in total. The monoisotopic (exact) mass is 329 g/mol. The SMILES string of the molecule is CCC(NC(=O)CCCC[C@@H]1SC[C@@H]2NC(=O)N[C@@H]21)C(=O)O. The lowest BCUT2D eigenvalue weighted by atomic mass is 10.0. The number of rotatable bonds is 8. The zero-order valence-corrected chi connectivity index (χ0v) is 13.4. The van der Waals surface area contributed by atoms with E-state index in [0.29, 0.717) is 18.1 Å². The van der Waals surface area contributed by atoms with Gasteiger partial charge in [0.05, 0.1) is 12.1 Å². The van der Waals surface area contributed by atoms with Crippen LogP contribution >= 0.6 is 11.8 Å². The molecule has 2 fully saturated rings. The highest BCUT2D eigenvalue weighted by Gasteiger charge is 2.42. The number of urea groups is 1. The smallest absolute Gasteiger partial charge is 0.326 e. The van der Waals surface area contributed by atoms with E-state index in [1.807, 2.05) is 11.8 Å². The average Bonchev–Trinajstić information content (AvgIpc) is 3.00. The fraction of sp³-hybridized carbons (Fsp3) is 0.786. The van der Waals surface area contributed by atoms with Crippen LogP contribution < -0.4 is 16.0 Å². The number of carboxylic acids is 1. The summed E-state index contributed by atoms with van der Waals surface area (Å²) in [7, 11) is 0. The van der Waals surface area contributed by atoms with Crippen molar-refractivity contribution in [2.75, 3.05) is 5.75 Å². The van der Waals surface area contributed by atoms with E-state index in [0.717, 1.165) is 25.0 Å². The van der Waals surface area contributed by atoms with Gasteiger partial charge in [-0.15, -0.1) is 0 Å². The van der Waals surface area contributed by atoms with Gasteiger partial charge in [0, 0.05) is 17.4 Å². The van der Waals surface area contributed by atoms with Crippen molar-refractivity contribution < 1.29 is 19.5 Å². The molecule has 2 saturated heterocycles. The van der Waals surface area contributed by atoms with Crippen LogP contribution in [0.5, 0.6) is 0 Å². The number of unbranched alkanes of at least 4 members (excludes halogenated alkanes) is 1. The molecule has 22 heavy (non-hydrogen) atoms. The summed E-state index contributed by atoms with van der Waals surface area (Å²) < 4.78 is 0. The van der Waals surface area contributed by atoms with Gasteiger partial charge in [0.1, 0.15) is 6.04 Å². The summed E-state index contributed by atoms with van der Waals surface area (Å²) in [6.07, 6.45) is 3.32. The maximum absolute atomic E-state index is 11.7. The van der Waals surface area contributed by atoms with Gasteiger partial charge < -0.3 is 21.1 Å². The van der Waals surface area contributed by atoms with Gasteiger partial charge in [0.25, 0.3) is 0 Å². The molecule has 0 aromatic rings. The van der Waals surface area contributed by atoms with Crippen LogP contribution in [0.4, 0.5) is 4.79 Å². The Balaban J connectivity index is 1.62. The summed E-state index contributed by atoms with van der Waals surface area (Å²) in [6, 6.07) is -0.452. The molecule has 0 aromatic heterocycles. The predicted molar refractivity (Wildman–Crippen MR) is 83.8 cm³/mol. The number of hydrogen-bond donors (Lipinski definition) is 4. The molecule has 2 rings (SSSR count). The third-order valence-corrected chi connectivity index (χ3v) is 5.63. The Morgan fingerprint density at radius 3 is 2.86 bits per heavy atom. The first kappa shape index (κ1) is 16.9. The molecular formula is C14H23N3O4S. The number of carbonyl (C=O) groups excluding carboxylic acids is 2. The molecule has 2 heterocycles. The molecule has 0 spiro atoms. The summed E-state index contributed by atoms with van der Waals surface area (Å²) in [4.78, 5) is 33.8. The molecule has 4 N–H and O–H groups in total. The minimum absolute atomic E-state index is 0.0843. The first-order valence-corrected chi connectivity index (χ1v) is 8.77. The molecule has 0 saturated carbocycles. The van der Waals surface area contributed by atoms with E-state index in [9.17, 15) is 14.4 Å². The average molecular weight is 329 g/mol. The second-order valence-corrected chi connectivity index (χ2v) is 7.01. The highest BCUT2D eigenvalue weighted by atomic mass is 32.2. The molecule has 0 radical (unpaired) electrons. The fourth-order valence-electron chi connectivity index (χ4n) is 2.88. The summed E-state index contributed by atoms with van der Waals surface area (Å²) in [6.45, 7) is 1.73. The number of carboxylic acid groups (broad SMARTS) is 1. The second kappa shape index (κ2) is 7.71. The summed E-state index contributed by atoms with van der Waals surface area (Å²) >= 11 is 1.86. The van der Waals surface area contributed by atoms with E-state index in [1.165, 1.54) is 0 Å². The van der Waals surface area contributed by atoms with Crippen molar-refractivity contribution in [3.05, 3.63) is 0 Å². The first-order valence-electron chi connectivity index (χ1n) is 7.72. The lowest BCUT2D eigenvalue weighted by molar-refractivity contribution is -0.141. The number of amides is 3. The third-order valence-electron chi connectivity index (χ3n) is 4.12. The number of fused-ring (bicyclic) bond motifs is 1. The Kier molecular flexibility index (Phi) is 5.93. The zero-order valence-electron chi connectivity index (χ0n) is 12.6. The standard InChI is InChI=1S/C14H23N3O4S/c1-2-8(13(19)20)15-11(18)6-4-3-5-10-12-9(7-22-10)16-14(21)17-12/h8-10,12H,2-7H2,1H3,(H,15,18)(H,19,20)(H2,16,17,21)/t8?,9-,10-,12-/m0/s1. The Bertz CT molecular complexity index is 446. The van der Waals surface area contributed by atoms with Gasteiger partial charge in [-0.3, -0.25) is 4.79 Å². The molecule has 3 amide bonds. The van der Waals surface area contributed by atoms with Crippen molar-refractivity contribution in [2.45, 2.75) is 62.4 Å². The Morgan fingerprint density at radius 2 is 2.18 bits per heavy atom. The Morgan fingerprint density at radius 1 is 1.41 bits per heavy atom. The molecule has 4 atom stereocenters. The van der Waals surface area contributed by atoms with Gasteiger partial charge in [-0.25, -0.2) is 9.59 Å². The molecule has 2 aliphatic rings. The van der Waals surface area contributed by atoms with Crippen LogP contribution in [0.3, 0.4) is 0 Å². The van der Waals surface area contributed by atoms with E-state index < -0.39 is 12.0 Å². The van der Waals surface area contributed by atoms with Gasteiger partial charge in [0.15, 0.2) is 0 Å². The highest BCUT2D eigenvalue weighted by Crippen LogP contribution is 2.33. The van der Waals surface area contributed by atoms with Crippen LogP contribution in [0, 0.1) is 0 Å². The van der Waals surface area contributed by atoms with Gasteiger partial charge in [-0.2, -0.15) is 11.8 Å². The van der Waals surface area contributed by atoms with E-state index >= 15 is 0 Å². The van der Waals surface area contributed by atoms with Gasteiger partial charge in [0.2, 0.25) is 5.91 Å². The summed E-state index contributed by atoms with van der Waals surface area (Å²) in [5.41, 5.74) is 0. The van der Waals surface area contributed by atoms with E-state index in [1.54, 1.807) is 6.92 Å². The lowest BCUT2D eigenvalue weighted by Crippen LogP contribution is -2.40. The number of aliphatic carboxylic acids is 1. The maximum Gasteiger partial charge on any atom is 0.326 e. The van der Waals surface area contributed by atoms with Crippen molar-refractivity contribution >= 4 is 29.7 Å². The maximum atomic E-state index is 11.7. The van der Waals surface area contributed by atoms with Crippen molar-refractivity contribution in [3.8, 4) is 0 Å². The molecular weight excluding hydrogens is 306 g/mol. The van der Waals surface area contributed by atoms with Gasteiger partial charge in [-0.1, -0.05) is 13.3 Å². The number of hydrogen-bond acceptors (Lipinski definition) is 4. The van der Waals surface area contributed by atoms with Crippen LogP contribution in [-0.4, -0.2) is 52.1 Å². The molecule has 2 aliphatic heterocycles. The normalized spacial score (nSPS) is 27.7. The van der Waals surface area contributed by atoms with Crippen LogP contribution in [0.15, 0.2) is 0 Å². The minimum atomic E-state index is -0.992. The van der Waals surface area contributed by atoms with Crippen molar-refractivity contribution in [3.63, 3.8) is 0 Å². The largest absolute Gasteiger partial charge is 0.480 e.